The highest BCUT2D eigenvalue weighted by atomic mass is 19.3. The van der Waals surface area contributed by atoms with Gasteiger partial charge in [0.1, 0.15) is 6.04 Å². The van der Waals surface area contributed by atoms with E-state index >= 15 is 0 Å². The van der Waals surface area contributed by atoms with Gasteiger partial charge in [-0.25, -0.2) is 13.6 Å². The topological polar surface area (TPSA) is 44.1 Å². The van der Waals surface area contributed by atoms with Crippen LogP contribution < -0.4 is 5.69 Å². The molecule has 4 nitrogen and oxygen atoms in total. The van der Waals surface area contributed by atoms with Crippen LogP contribution in [0.4, 0.5) is 8.78 Å². The van der Waals surface area contributed by atoms with Gasteiger partial charge in [-0.05, 0) is 46.1 Å². The molecular formula is C15H22F2N2O2. The maximum absolute atomic E-state index is 14.2. The minimum absolute atomic E-state index is 0.230. The third-order valence-corrected chi connectivity index (χ3v) is 3.66. The van der Waals surface area contributed by atoms with Gasteiger partial charge < -0.3 is 4.74 Å². The van der Waals surface area contributed by atoms with Crippen LogP contribution in [-0.4, -0.2) is 27.7 Å². The van der Waals surface area contributed by atoms with Crippen LogP contribution >= 0.6 is 0 Å². The normalized spacial score (nSPS) is 25.2. The standard InChI is InChI=1S/C15H22F2N2O2/c1-10-5-6-19(13(20)18-10)12-7-11(8-15(12,16)17)9-21-14(2,3)4/h5-6,11-12H,7-9H2,1-4H3. The number of alkyl halides is 2. The Morgan fingerprint density at radius 2 is 2.14 bits per heavy atom. The first kappa shape index (κ1) is 16.1. The minimum Gasteiger partial charge on any atom is -0.376 e. The van der Waals surface area contributed by atoms with Gasteiger partial charge in [-0.2, -0.15) is 4.98 Å². The third kappa shape index (κ3) is 3.87. The Hall–Kier alpha value is -1.30. The molecule has 0 aliphatic heterocycles. The molecule has 0 aromatic carbocycles. The van der Waals surface area contributed by atoms with E-state index in [1.54, 1.807) is 13.0 Å². The summed E-state index contributed by atoms with van der Waals surface area (Å²) in [5.74, 6) is -3.16. The second-order valence-electron chi connectivity index (χ2n) is 6.76. The molecule has 0 N–H and O–H groups in total. The predicted octanol–water partition coefficient (Wildman–Crippen LogP) is 2.95. The predicted molar refractivity (Wildman–Crippen MR) is 75.6 cm³/mol. The number of aryl methyl sites for hydroxylation is 1. The van der Waals surface area contributed by atoms with Gasteiger partial charge in [0.15, 0.2) is 0 Å². The van der Waals surface area contributed by atoms with Crippen LogP contribution in [-0.2, 0) is 4.74 Å². The highest BCUT2D eigenvalue weighted by Gasteiger charge is 2.50. The fourth-order valence-corrected chi connectivity index (χ4v) is 2.64. The first-order valence-corrected chi connectivity index (χ1v) is 7.16. The zero-order valence-electron chi connectivity index (χ0n) is 12.9. The molecule has 1 heterocycles. The van der Waals surface area contributed by atoms with E-state index in [9.17, 15) is 13.6 Å². The number of rotatable bonds is 3. The number of ether oxygens (including phenoxy) is 1. The molecule has 2 unspecified atom stereocenters. The third-order valence-electron chi connectivity index (χ3n) is 3.66. The molecule has 1 aromatic rings. The Bertz CT molecular complexity index is 564. The van der Waals surface area contributed by atoms with Crippen LogP contribution in [0.25, 0.3) is 0 Å². The van der Waals surface area contributed by atoms with Crippen LogP contribution in [0.1, 0.15) is 45.3 Å². The van der Waals surface area contributed by atoms with Gasteiger partial charge in [0.2, 0.25) is 0 Å². The Morgan fingerprint density at radius 3 is 2.71 bits per heavy atom. The summed E-state index contributed by atoms with van der Waals surface area (Å²) in [7, 11) is 0. The van der Waals surface area contributed by atoms with Crippen molar-refractivity contribution in [1.82, 2.24) is 9.55 Å². The molecule has 118 valence electrons. The van der Waals surface area contributed by atoms with Gasteiger partial charge in [-0.3, -0.25) is 4.57 Å². The zero-order chi connectivity index (χ0) is 15.8. The van der Waals surface area contributed by atoms with Crippen molar-refractivity contribution in [3.8, 4) is 0 Å². The molecule has 1 fully saturated rings. The molecule has 1 aliphatic rings. The van der Waals surface area contributed by atoms with Crippen LogP contribution in [0.2, 0.25) is 0 Å². The van der Waals surface area contributed by atoms with E-state index in [-0.39, 0.29) is 31.0 Å². The summed E-state index contributed by atoms with van der Waals surface area (Å²) in [5.41, 5.74) is -0.433. The van der Waals surface area contributed by atoms with E-state index < -0.39 is 17.7 Å². The summed E-state index contributed by atoms with van der Waals surface area (Å²) < 4.78 is 35.1. The Kier molecular flexibility index (Phi) is 4.19. The molecule has 0 spiro atoms. The maximum Gasteiger partial charge on any atom is 0.348 e. The van der Waals surface area contributed by atoms with E-state index in [1.165, 1.54) is 6.20 Å². The van der Waals surface area contributed by atoms with Gasteiger partial charge in [0, 0.05) is 18.3 Å². The van der Waals surface area contributed by atoms with Gasteiger partial charge in [-0.15, -0.1) is 0 Å². The van der Waals surface area contributed by atoms with Gasteiger partial charge in [0.05, 0.1) is 12.2 Å². The molecule has 0 bridgehead atoms. The lowest BCUT2D eigenvalue weighted by Crippen LogP contribution is -2.34. The lowest BCUT2D eigenvalue weighted by Gasteiger charge is -2.22. The fraction of sp³-hybridized carbons (Fsp3) is 0.733. The van der Waals surface area contributed by atoms with Crippen molar-refractivity contribution >= 4 is 0 Å². The van der Waals surface area contributed by atoms with Gasteiger partial charge >= 0.3 is 5.69 Å². The van der Waals surface area contributed by atoms with Crippen molar-refractivity contribution in [3.05, 3.63) is 28.4 Å². The fourth-order valence-electron chi connectivity index (χ4n) is 2.64. The van der Waals surface area contributed by atoms with Crippen molar-refractivity contribution in [2.24, 2.45) is 5.92 Å². The summed E-state index contributed by atoms with van der Waals surface area (Å²) in [6, 6.07) is 0.447. The first-order chi connectivity index (χ1) is 9.58. The lowest BCUT2D eigenvalue weighted by atomic mass is 10.1. The highest BCUT2D eigenvalue weighted by molar-refractivity contribution is 5.01. The van der Waals surface area contributed by atoms with Crippen molar-refractivity contribution in [1.29, 1.82) is 0 Å². The van der Waals surface area contributed by atoms with Gasteiger partial charge in [-0.1, -0.05) is 0 Å². The average Bonchev–Trinajstić information content (AvgIpc) is 2.61. The Labute approximate surface area is 123 Å². The minimum atomic E-state index is -2.91. The average molecular weight is 300 g/mol. The van der Waals surface area contributed by atoms with E-state index in [0.29, 0.717) is 5.69 Å². The summed E-state index contributed by atoms with van der Waals surface area (Å²) in [5, 5.41) is 0. The van der Waals surface area contributed by atoms with Crippen LogP contribution in [0, 0.1) is 12.8 Å². The molecule has 0 radical (unpaired) electrons. The summed E-state index contributed by atoms with van der Waals surface area (Å²) in [4.78, 5) is 15.6. The van der Waals surface area contributed by atoms with Crippen LogP contribution in [0.5, 0.6) is 0 Å². The van der Waals surface area contributed by atoms with E-state index in [0.717, 1.165) is 4.57 Å². The van der Waals surface area contributed by atoms with E-state index in [1.807, 2.05) is 20.8 Å². The molecule has 2 atom stereocenters. The summed E-state index contributed by atoms with van der Waals surface area (Å²) >= 11 is 0. The van der Waals surface area contributed by atoms with E-state index in [4.69, 9.17) is 4.74 Å². The highest BCUT2D eigenvalue weighted by Crippen LogP contribution is 2.46. The molecule has 0 saturated heterocycles. The molecule has 1 aromatic heterocycles. The Balaban J connectivity index is 2.15. The number of halogens is 2. The molecule has 0 amide bonds. The number of hydrogen-bond acceptors (Lipinski definition) is 3. The largest absolute Gasteiger partial charge is 0.376 e. The van der Waals surface area contributed by atoms with Crippen LogP contribution in [0.15, 0.2) is 17.1 Å². The zero-order valence-corrected chi connectivity index (χ0v) is 12.9. The van der Waals surface area contributed by atoms with Crippen molar-refractivity contribution in [2.75, 3.05) is 6.61 Å². The number of hydrogen-bond donors (Lipinski definition) is 0. The second kappa shape index (κ2) is 5.48. The molecular weight excluding hydrogens is 278 g/mol. The number of aromatic nitrogens is 2. The quantitative estimate of drug-likeness (QED) is 0.862. The first-order valence-electron chi connectivity index (χ1n) is 7.16. The molecule has 21 heavy (non-hydrogen) atoms. The molecule has 1 saturated carbocycles. The molecule has 2 rings (SSSR count). The second-order valence-corrected chi connectivity index (χ2v) is 6.76. The monoisotopic (exact) mass is 300 g/mol. The summed E-state index contributed by atoms with van der Waals surface area (Å²) in [6.07, 6.45) is 1.39. The van der Waals surface area contributed by atoms with E-state index in [2.05, 4.69) is 4.98 Å². The summed E-state index contributed by atoms with van der Waals surface area (Å²) in [6.45, 7) is 7.63. The maximum atomic E-state index is 14.2. The van der Waals surface area contributed by atoms with Crippen molar-refractivity contribution in [2.45, 2.75) is 58.1 Å². The molecule has 6 heteroatoms. The van der Waals surface area contributed by atoms with Crippen molar-refractivity contribution in [3.63, 3.8) is 0 Å². The van der Waals surface area contributed by atoms with Crippen molar-refractivity contribution < 1.29 is 13.5 Å². The molecule has 1 aliphatic carbocycles. The van der Waals surface area contributed by atoms with Crippen LogP contribution in [0.3, 0.4) is 0 Å². The smallest absolute Gasteiger partial charge is 0.348 e. The number of nitrogens with zero attached hydrogens (tertiary/aromatic N) is 2. The van der Waals surface area contributed by atoms with Gasteiger partial charge in [0.25, 0.3) is 5.92 Å². The lowest BCUT2D eigenvalue weighted by molar-refractivity contribution is -0.0469. The SMILES string of the molecule is Cc1ccn(C2CC(COC(C)(C)C)CC2(F)F)c(=O)n1. The Morgan fingerprint density at radius 1 is 1.48 bits per heavy atom.